The first kappa shape index (κ1) is 13.2. The van der Waals surface area contributed by atoms with Gasteiger partial charge in [0.25, 0.3) is 0 Å². The Hall–Kier alpha value is -1.26. The number of nitrogens with two attached hydrogens (primary N) is 1. The van der Waals surface area contributed by atoms with E-state index >= 15 is 0 Å². The summed E-state index contributed by atoms with van der Waals surface area (Å²) in [5.74, 6) is -1.01. The smallest absolute Gasteiger partial charge is 0.128 e. The van der Waals surface area contributed by atoms with Crippen LogP contribution in [0.1, 0.15) is 18.1 Å². The van der Waals surface area contributed by atoms with Crippen molar-refractivity contribution in [1.82, 2.24) is 0 Å². The first-order chi connectivity index (χ1) is 8.41. The molecule has 1 atom stereocenters. The maximum Gasteiger partial charge on any atom is 0.128 e. The molecule has 94 valence electrons. The summed E-state index contributed by atoms with van der Waals surface area (Å²) in [6.45, 7) is 1.66. The third-order valence-electron chi connectivity index (χ3n) is 2.91. The van der Waals surface area contributed by atoms with Crippen LogP contribution in [0, 0.1) is 11.6 Å². The fraction of sp³-hybridized carbons (Fsp3) is 0.143. The standard InChI is InChI=1S/C14H12BrF2N/c1-14(18,9-3-2-4-10(15)7-9)12-8-11(16)5-6-13(12)17/h2-8H,18H2,1H3. The highest BCUT2D eigenvalue weighted by molar-refractivity contribution is 9.10. The average molecular weight is 312 g/mol. The summed E-state index contributed by atoms with van der Waals surface area (Å²) in [6, 6.07) is 10.5. The second kappa shape index (κ2) is 4.78. The van der Waals surface area contributed by atoms with Crippen LogP contribution in [0.25, 0.3) is 0 Å². The molecule has 2 N–H and O–H groups in total. The lowest BCUT2D eigenvalue weighted by Crippen LogP contribution is -2.35. The van der Waals surface area contributed by atoms with Crippen LogP contribution in [0.3, 0.4) is 0 Å². The first-order valence-corrected chi connectivity index (χ1v) is 6.21. The lowest BCUT2D eigenvalue weighted by Gasteiger charge is -2.26. The Morgan fingerprint density at radius 1 is 1.11 bits per heavy atom. The number of halogens is 3. The molecule has 0 bridgehead atoms. The van der Waals surface area contributed by atoms with Crippen molar-refractivity contribution in [2.45, 2.75) is 12.5 Å². The third-order valence-corrected chi connectivity index (χ3v) is 3.41. The molecule has 2 rings (SSSR count). The maximum atomic E-state index is 13.8. The van der Waals surface area contributed by atoms with E-state index in [9.17, 15) is 8.78 Å². The van der Waals surface area contributed by atoms with E-state index in [1.54, 1.807) is 19.1 Å². The molecule has 0 aliphatic rings. The zero-order valence-corrected chi connectivity index (χ0v) is 11.3. The summed E-state index contributed by atoms with van der Waals surface area (Å²) in [5, 5.41) is 0. The third kappa shape index (κ3) is 2.44. The van der Waals surface area contributed by atoms with Crippen molar-refractivity contribution in [3.63, 3.8) is 0 Å². The van der Waals surface area contributed by atoms with Gasteiger partial charge in [0, 0.05) is 10.0 Å². The summed E-state index contributed by atoms with van der Waals surface area (Å²) < 4.78 is 27.9. The fourth-order valence-corrected chi connectivity index (χ4v) is 2.26. The van der Waals surface area contributed by atoms with E-state index in [1.165, 1.54) is 0 Å². The van der Waals surface area contributed by atoms with Crippen LogP contribution in [-0.4, -0.2) is 0 Å². The van der Waals surface area contributed by atoms with E-state index in [1.807, 2.05) is 12.1 Å². The Morgan fingerprint density at radius 3 is 2.50 bits per heavy atom. The normalized spacial score (nSPS) is 14.3. The summed E-state index contributed by atoms with van der Waals surface area (Å²) >= 11 is 3.34. The van der Waals surface area contributed by atoms with E-state index in [2.05, 4.69) is 15.9 Å². The van der Waals surface area contributed by atoms with Gasteiger partial charge >= 0.3 is 0 Å². The fourth-order valence-electron chi connectivity index (χ4n) is 1.86. The molecule has 2 aromatic carbocycles. The lowest BCUT2D eigenvalue weighted by atomic mass is 9.85. The Kier molecular flexibility index (Phi) is 3.50. The van der Waals surface area contributed by atoms with Crippen LogP contribution in [0.4, 0.5) is 8.78 Å². The Morgan fingerprint density at radius 2 is 1.83 bits per heavy atom. The summed E-state index contributed by atoms with van der Waals surface area (Å²) in [7, 11) is 0. The van der Waals surface area contributed by atoms with Gasteiger partial charge in [0.2, 0.25) is 0 Å². The van der Waals surface area contributed by atoms with Gasteiger partial charge in [-0.25, -0.2) is 8.78 Å². The zero-order chi connectivity index (χ0) is 13.3. The maximum absolute atomic E-state index is 13.8. The topological polar surface area (TPSA) is 26.0 Å². The highest BCUT2D eigenvalue weighted by atomic mass is 79.9. The SMILES string of the molecule is CC(N)(c1cccc(Br)c1)c1cc(F)ccc1F. The quantitative estimate of drug-likeness (QED) is 0.893. The predicted octanol–water partition coefficient (Wildman–Crippen LogP) is 3.95. The minimum atomic E-state index is -1.09. The van der Waals surface area contributed by atoms with Gasteiger partial charge in [-0.05, 0) is 42.8 Å². The second-order valence-electron chi connectivity index (χ2n) is 4.34. The number of hydrogen-bond donors (Lipinski definition) is 1. The molecule has 1 unspecified atom stereocenters. The van der Waals surface area contributed by atoms with Crippen molar-refractivity contribution < 1.29 is 8.78 Å². The minimum Gasteiger partial charge on any atom is -0.318 e. The van der Waals surface area contributed by atoms with E-state index < -0.39 is 17.2 Å². The largest absolute Gasteiger partial charge is 0.318 e. The van der Waals surface area contributed by atoms with Gasteiger partial charge in [0.1, 0.15) is 11.6 Å². The molecule has 0 aromatic heterocycles. The summed E-state index contributed by atoms with van der Waals surface area (Å²) in [4.78, 5) is 0. The molecule has 2 aromatic rings. The van der Waals surface area contributed by atoms with Crippen molar-refractivity contribution in [1.29, 1.82) is 0 Å². The molecule has 0 heterocycles. The molecular formula is C14H12BrF2N. The highest BCUT2D eigenvalue weighted by Crippen LogP contribution is 2.30. The van der Waals surface area contributed by atoms with E-state index in [0.717, 1.165) is 22.7 Å². The molecule has 0 aliphatic carbocycles. The van der Waals surface area contributed by atoms with Crippen LogP contribution in [-0.2, 0) is 5.54 Å². The van der Waals surface area contributed by atoms with Gasteiger partial charge < -0.3 is 5.73 Å². The molecule has 0 aliphatic heterocycles. The highest BCUT2D eigenvalue weighted by Gasteiger charge is 2.27. The van der Waals surface area contributed by atoms with Crippen molar-refractivity contribution in [2.24, 2.45) is 5.73 Å². The van der Waals surface area contributed by atoms with Crippen molar-refractivity contribution in [3.05, 3.63) is 69.7 Å². The van der Waals surface area contributed by atoms with Crippen molar-refractivity contribution >= 4 is 15.9 Å². The molecule has 0 spiro atoms. The van der Waals surface area contributed by atoms with Gasteiger partial charge in [-0.2, -0.15) is 0 Å². The Labute approximate surface area is 113 Å². The van der Waals surface area contributed by atoms with E-state index in [-0.39, 0.29) is 5.56 Å². The van der Waals surface area contributed by atoms with Gasteiger partial charge in [-0.3, -0.25) is 0 Å². The number of benzene rings is 2. The molecule has 0 saturated heterocycles. The van der Waals surface area contributed by atoms with E-state index in [4.69, 9.17) is 5.73 Å². The van der Waals surface area contributed by atoms with Crippen LogP contribution in [0.15, 0.2) is 46.9 Å². The molecular weight excluding hydrogens is 300 g/mol. The van der Waals surface area contributed by atoms with Crippen molar-refractivity contribution in [2.75, 3.05) is 0 Å². The van der Waals surface area contributed by atoms with Crippen LogP contribution in [0.5, 0.6) is 0 Å². The van der Waals surface area contributed by atoms with Crippen LogP contribution < -0.4 is 5.73 Å². The van der Waals surface area contributed by atoms with Gasteiger partial charge in [-0.1, -0.05) is 28.1 Å². The summed E-state index contributed by atoms with van der Waals surface area (Å²) in [6.07, 6.45) is 0. The van der Waals surface area contributed by atoms with Gasteiger partial charge in [0.05, 0.1) is 5.54 Å². The van der Waals surface area contributed by atoms with E-state index in [0.29, 0.717) is 5.56 Å². The molecule has 18 heavy (non-hydrogen) atoms. The van der Waals surface area contributed by atoms with Crippen molar-refractivity contribution in [3.8, 4) is 0 Å². The van der Waals surface area contributed by atoms with Crippen LogP contribution in [0.2, 0.25) is 0 Å². The monoisotopic (exact) mass is 311 g/mol. The molecule has 0 amide bonds. The zero-order valence-electron chi connectivity index (χ0n) is 9.75. The minimum absolute atomic E-state index is 0.139. The van der Waals surface area contributed by atoms with Gasteiger partial charge in [0.15, 0.2) is 0 Å². The van der Waals surface area contributed by atoms with Gasteiger partial charge in [-0.15, -0.1) is 0 Å². The molecule has 0 saturated carbocycles. The predicted molar refractivity (Wildman–Crippen MR) is 71.1 cm³/mol. The molecule has 0 radical (unpaired) electrons. The number of hydrogen-bond acceptors (Lipinski definition) is 1. The number of rotatable bonds is 2. The second-order valence-corrected chi connectivity index (χ2v) is 5.25. The summed E-state index contributed by atoms with van der Waals surface area (Å²) in [5.41, 5.74) is 5.93. The molecule has 1 nitrogen and oxygen atoms in total. The lowest BCUT2D eigenvalue weighted by molar-refractivity contribution is 0.518. The molecule has 4 heteroatoms. The Bertz CT molecular complexity index is 582. The first-order valence-electron chi connectivity index (χ1n) is 5.42. The Balaban J connectivity index is 2.57. The molecule has 0 fully saturated rings. The average Bonchev–Trinajstić information content (AvgIpc) is 2.32. The van der Waals surface area contributed by atoms with Crippen LogP contribution >= 0.6 is 15.9 Å².